The van der Waals surface area contributed by atoms with Gasteiger partial charge in [0.25, 0.3) is 5.91 Å². The second-order valence-corrected chi connectivity index (χ2v) is 6.93. The summed E-state index contributed by atoms with van der Waals surface area (Å²) in [4.78, 5) is 34.8. The molecule has 2 aromatic heterocycles. The third-order valence-corrected chi connectivity index (χ3v) is 5.17. The van der Waals surface area contributed by atoms with Crippen LogP contribution in [-0.2, 0) is 11.2 Å². The molecule has 3 heterocycles. The highest BCUT2D eigenvalue weighted by Crippen LogP contribution is 2.18. The van der Waals surface area contributed by atoms with Gasteiger partial charge < -0.3 is 20.1 Å². The van der Waals surface area contributed by atoms with Crippen LogP contribution >= 0.6 is 0 Å². The third kappa shape index (κ3) is 3.83. The first-order chi connectivity index (χ1) is 13.7. The number of hydrogen-bond donors (Lipinski definition) is 2. The van der Waals surface area contributed by atoms with Crippen LogP contribution in [0.2, 0.25) is 0 Å². The largest absolute Gasteiger partial charge is 0.367 e. The first-order valence-electron chi connectivity index (χ1n) is 9.47. The number of para-hydroxylation sites is 1. The number of H-pyrrole nitrogens is 1. The van der Waals surface area contributed by atoms with Gasteiger partial charge in [-0.1, -0.05) is 18.2 Å². The first-order valence-corrected chi connectivity index (χ1v) is 9.47. The van der Waals surface area contributed by atoms with Gasteiger partial charge in [0.05, 0.1) is 17.4 Å². The van der Waals surface area contributed by atoms with Gasteiger partial charge in [0.15, 0.2) is 0 Å². The number of rotatable bonds is 6. The Bertz CT molecular complexity index is 976. The molecule has 3 aromatic rings. The van der Waals surface area contributed by atoms with Crippen LogP contribution in [0.25, 0.3) is 10.9 Å². The Labute approximate surface area is 163 Å². The molecule has 1 aliphatic rings. The van der Waals surface area contributed by atoms with E-state index in [0.29, 0.717) is 25.2 Å². The predicted octanol–water partition coefficient (Wildman–Crippen LogP) is 1.81. The summed E-state index contributed by atoms with van der Waals surface area (Å²) in [5.74, 6) is -0.124. The van der Waals surface area contributed by atoms with E-state index in [2.05, 4.69) is 26.3 Å². The zero-order chi connectivity index (χ0) is 19.3. The zero-order valence-electron chi connectivity index (χ0n) is 15.6. The van der Waals surface area contributed by atoms with Gasteiger partial charge in [-0.2, -0.15) is 0 Å². The summed E-state index contributed by atoms with van der Waals surface area (Å²) < 4.78 is 0. The van der Waals surface area contributed by atoms with E-state index in [4.69, 9.17) is 0 Å². The quantitative estimate of drug-likeness (QED) is 0.642. The third-order valence-electron chi connectivity index (χ3n) is 5.17. The van der Waals surface area contributed by atoms with Crippen LogP contribution in [0.4, 0.5) is 5.69 Å². The summed E-state index contributed by atoms with van der Waals surface area (Å²) in [6, 6.07) is 10.0. The minimum atomic E-state index is -0.124. The summed E-state index contributed by atoms with van der Waals surface area (Å²) in [6.07, 6.45) is 6.99. The van der Waals surface area contributed by atoms with Crippen molar-refractivity contribution in [3.05, 3.63) is 60.0 Å². The van der Waals surface area contributed by atoms with Crippen molar-refractivity contribution in [2.75, 3.05) is 37.6 Å². The Hall–Kier alpha value is -3.35. The number of nitrogens with one attached hydrogen (secondary N) is 2. The van der Waals surface area contributed by atoms with Crippen molar-refractivity contribution >= 4 is 28.9 Å². The average Bonchev–Trinajstić information content (AvgIpc) is 3.17. The summed E-state index contributed by atoms with van der Waals surface area (Å²) in [6.45, 7) is 3.41. The molecule has 7 heteroatoms. The number of carbonyl (C=O) groups is 2. The molecule has 144 valence electrons. The van der Waals surface area contributed by atoms with Crippen LogP contribution < -0.4 is 10.2 Å². The number of nitrogens with zero attached hydrogens (tertiary/aromatic N) is 3. The van der Waals surface area contributed by atoms with Crippen molar-refractivity contribution in [3.8, 4) is 0 Å². The first kappa shape index (κ1) is 18.0. The number of benzene rings is 1. The maximum absolute atomic E-state index is 12.5. The maximum Gasteiger partial charge on any atom is 0.252 e. The number of aromatic nitrogens is 2. The number of amides is 2. The highest BCUT2D eigenvalue weighted by molar-refractivity contribution is 5.94. The van der Waals surface area contributed by atoms with Crippen LogP contribution in [0.15, 0.2) is 48.9 Å². The molecule has 7 nitrogen and oxygen atoms in total. The van der Waals surface area contributed by atoms with Gasteiger partial charge in [-0.15, -0.1) is 0 Å². The lowest BCUT2D eigenvalue weighted by Gasteiger charge is -2.34. The minimum Gasteiger partial charge on any atom is -0.367 e. The Kier molecular flexibility index (Phi) is 5.23. The average molecular weight is 377 g/mol. The highest BCUT2D eigenvalue weighted by atomic mass is 16.1. The van der Waals surface area contributed by atoms with Crippen molar-refractivity contribution in [2.24, 2.45) is 0 Å². The molecule has 0 spiro atoms. The molecule has 1 saturated heterocycles. The summed E-state index contributed by atoms with van der Waals surface area (Å²) in [5, 5.41) is 4.17. The van der Waals surface area contributed by atoms with E-state index in [1.54, 1.807) is 17.3 Å². The molecular formula is C21H23N5O2. The predicted molar refractivity (Wildman–Crippen MR) is 108 cm³/mol. The Morgan fingerprint density at radius 2 is 2.00 bits per heavy atom. The molecule has 1 aliphatic heterocycles. The molecule has 0 atom stereocenters. The van der Waals surface area contributed by atoms with Gasteiger partial charge in [0.1, 0.15) is 0 Å². The lowest BCUT2D eigenvalue weighted by atomic mass is 10.1. The normalized spacial score (nSPS) is 14.3. The van der Waals surface area contributed by atoms with Crippen molar-refractivity contribution < 1.29 is 9.59 Å². The monoisotopic (exact) mass is 377 g/mol. The van der Waals surface area contributed by atoms with E-state index < -0.39 is 0 Å². The van der Waals surface area contributed by atoms with E-state index in [1.807, 2.05) is 30.5 Å². The van der Waals surface area contributed by atoms with Crippen LogP contribution in [0.1, 0.15) is 15.9 Å². The van der Waals surface area contributed by atoms with Crippen LogP contribution in [0.5, 0.6) is 0 Å². The number of aromatic amines is 1. The van der Waals surface area contributed by atoms with Gasteiger partial charge in [-0.3, -0.25) is 14.6 Å². The second kappa shape index (κ2) is 8.12. The van der Waals surface area contributed by atoms with Gasteiger partial charge >= 0.3 is 0 Å². The smallest absolute Gasteiger partial charge is 0.252 e. The topological polar surface area (TPSA) is 81.3 Å². The number of anilines is 1. The number of piperazine rings is 1. The Morgan fingerprint density at radius 1 is 1.18 bits per heavy atom. The summed E-state index contributed by atoms with van der Waals surface area (Å²) >= 11 is 0. The van der Waals surface area contributed by atoms with Gasteiger partial charge in [0.2, 0.25) is 6.41 Å². The molecule has 0 aliphatic carbocycles. The molecule has 0 saturated carbocycles. The van der Waals surface area contributed by atoms with Gasteiger partial charge in [-0.25, -0.2) is 0 Å². The molecule has 2 N–H and O–H groups in total. The fourth-order valence-electron chi connectivity index (χ4n) is 3.56. The maximum atomic E-state index is 12.5. The molecule has 2 amide bonds. The fourth-order valence-corrected chi connectivity index (χ4v) is 3.56. The van der Waals surface area contributed by atoms with Crippen molar-refractivity contribution in [1.29, 1.82) is 0 Å². The van der Waals surface area contributed by atoms with E-state index in [0.717, 1.165) is 37.1 Å². The summed E-state index contributed by atoms with van der Waals surface area (Å²) in [7, 11) is 0. The lowest BCUT2D eigenvalue weighted by molar-refractivity contribution is -0.118. The molecule has 28 heavy (non-hydrogen) atoms. The minimum absolute atomic E-state index is 0.124. The Morgan fingerprint density at radius 3 is 2.82 bits per heavy atom. The van der Waals surface area contributed by atoms with Crippen molar-refractivity contribution in [1.82, 2.24) is 20.2 Å². The summed E-state index contributed by atoms with van der Waals surface area (Å²) in [5.41, 5.74) is 3.76. The van der Waals surface area contributed by atoms with Crippen molar-refractivity contribution in [3.63, 3.8) is 0 Å². The second-order valence-electron chi connectivity index (χ2n) is 6.93. The van der Waals surface area contributed by atoms with Gasteiger partial charge in [0, 0.05) is 56.0 Å². The van der Waals surface area contributed by atoms with E-state index in [9.17, 15) is 9.59 Å². The highest BCUT2D eigenvalue weighted by Gasteiger charge is 2.17. The standard InChI is InChI=1S/C21H23N5O2/c27-15-25-7-9-26(10-8-25)18-11-17(12-22-14-18)21(28)23-6-5-16-13-24-20-4-2-1-3-19(16)20/h1-4,11-15,24H,5-10H2,(H,23,28). The molecule has 0 bridgehead atoms. The van der Waals surface area contributed by atoms with Crippen molar-refractivity contribution in [2.45, 2.75) is 6.42 Å². The SMILES string of the molecule is O=CN1CCN(c2cncc(C(=O)NCCc3c[nH]c4ccccc34)c2)CC1. The molecule has 1 fully saturated rings. The Balaban J connectivity index is 1.35. The molecule has 1 aromatic carbocycles. The number of hydrogen-bond acceptors (Lipinski definition) is 4. The molecule has 4 rings (SSSR count). The number of carbonyl (C=O) groups excluding carboxylic acids is 2. The molecule has 0 radical (unpaired) electrons. The number of fused-ring (bicyclic) bond motifs is 1. The van der Waals surface area contributed by atoms with Crippen LogP contribution in [-0.4, -0.2) is 59.9 Å². The molecular weight excluding hydrogens is 354 g/mol. The lowest BCUT2D eigenvalue weighted by Crippen LogP contribution is -2.45. The van der Waals surface area contributed by atoms with E-state index in [1.165, 1.54) is 10.9 Å². The fraction of sp³-hybridized carbons (Fsp3) is 0.286. The van der Waals surface area contributed by atoms with E-state index >= 15 is 0 Å². The van der Waals surface area contributed by atoms with Gasteiger partial charge in [-0.05, 0) is 24.1 Å². The van der Waals surface area contributed by atoms with Crippen LogP contribution in [0, 0.1) is 0 Å². The zero-order valence-corrected chi connectivity index (χ0v) is 15.6. The number of pyridine rings is 1. The molecule has 0 unspecified atom stereocenters. The van der Waals surface area contributed by atoms with E-state index in [-0.39, 0.29) is 5.91 Å². The van der Waals surface area contributed by atoms with Crippen LogP contribution in [0.3, 0.4) is 0 Å².